The summed E-state index contributed by atoms with van der Waals surface area (Å²) in [7, 11) is 0. The lowest BCUT2D eigenvalue weighted by Crippen LogP contribution is -2.35. The minimum atomic E-state index is -0.290. The highest BCUT2D eigenvalue weighted by Crippen LogP contribution is 2.28. The molecule has 126 valence electrons. The molecule has 0 aliphatic carbocycles. The molecule has 0 spiro atoms. The zero-order valence-electron chi connectivity index (χ0n) is 13.2. The molecule has 24 heavy (non-hydrogen) atoms. The number of carbonyl (C=O) groups excluding carboxylic acids is 1. The fourth-order valence-corrected chi connectivity index (χ4v) is 3.03. The van der Waals surface area contributed by atoms with Gasteiger partial charge in [0, 0.05) is 38.3 Å². The molecule has 7 heteroatoms. The Balaban J connectivity index is 1.77. The first kappa shape index (κ1) is 16.7. The van der Waals surface area contributed by atoms with Crippen molar-refractivity contribution < 1.29 is 9.90 Å². The molecule has 1 aliphatic rings. The summed E-state index contributed by atoms with van der Waals surface area (Å²) in [4.78, 5) is 22.9. The van der Waals surface area contributed by atoms with Crippen molar-refractivity contribution in [2.24, 2.45) is 5.92 Å². The van der Waals surface area contributed by atoms with Crippen LogP contribution in [-0.4, -0.2) is 40.7 Å². The Bertz CT molecular complexity index is 717. The van der Waals surface area contributed by atoms with Crippen LogP contribution in [0.5, 0.6) is 0 Å². The summed E-state index contributed by atoms with van der Waals surface area (Å²) in [6.07, 6.45) is 6.51. The second kappa shape index (κ2) is 7.59. The molecule has 1 amide bonds. The molecule has 0 aromatic carbocycles. The summed E-state index contributed by atoms with van der Waals surface area (Å²) in [5, 5.41) is 12.5. The van der Waals surface area contributed by atoms with E-state index in [0.717, 1.165) is 31.7 Å². The molecule has 0 saturated carbocycles. The number of pyridine rings is 2. The number of hydrogen-bond donors (Lipinski definition) is 2. The molecule has 0 radical (unpaired) electrons. The maximum absolute atomic E-state index is 12.5. The molecule has 3 rings (SSSR count). The third-order valence-corrected chi connectivity index (χ3v) is 4.53. The zero-order chi connectivity index (χ0) is 16.9. The van der Waals surface area contributed by atoms with Crippen LogP contribution in [0, 0.1) is 5.92 Å². The molecule has 3 heterocycles. The van der Waals surface area contributed by atoms with Gasteiger partial charge >= 0.3 is 0 Å². The lowest BCUT2D eigenvalue weighted by molar-refractivity contribution is 0.102. The van der Waals surface area contributed by atoms with Gasteiger partial charge in [-0.05, 0) is 37.0 Å². The average Bonchev–Trinajstić information content (AvgIpc) is 2.62. The Morgan fingerprint density at radius 2 is 2.12 bits per heavy atom. The number of aromatic nitrogens is 2. The minimum absolute atomic E-state index is 0.222. The molecular formula is C17H19ClN4O2. The van der Waals surface area contributed by atoms with Crippen LogP contribution in [0.25, 0.3) is 0 Å². The third-order valence-electron chi connectivity index (χ3n) is 4.22. The van der Waals surface area contributed by atoms with Gasteiger partial charge in [-0.15, -0.1) is 0 Å². The van der Waals surface area contributed by atoms with Crippen molar-refractivity contribution in [3.05, 3.63) is 47.4 Å². The van der Waals surface area contributed by atoms with Crippen molar-refractivity contribution in [3.8, 4) is 0 Å². The van der Waals surface area contributed by atoms with Gasteiger partial charge in [-0.2, -0.15) is 0 Å². The van der Waals surface area contributed by atoms with Gasteiger partial charge < -0.3 is 15.3 Å². The first-order valence-corrected chi connectivity index (χ1v) is 8.28. The topological polar surface area (TPSA) is 78.4 Å². The Labute approximate surface area is 145 Å². The Morgan fingerprint density at radius 3 is 2.83 bits per heavy atom. The first-order chi connectivity index (χ1) is 11.7. The summed E-state index contributed by atoms with van der Waals surface area (Å²) >= 11 is 6.03. The van der Waals surface area contributed by atoms with Crippen LogP contribution in [0.4, 0.5) is 11.5 Å². The molecule has 2 N–H and O–H groups in total. The number of carbonyl (C=O) groups is 1. The SMILES string of the molecule is O=C(Nc1cccnc1N1CCC(CO)CC1)c1ccncc1Cl. The highest BCUT2D eigenvalue weighted by molar-refractivity contribution is 6.34. The maximum atomic E-state index is 12.5. The van der Waals surface area contributed by atoms with E-state index in [1.807, 2.05) is 6.07 Å². The van der Waals surface area contributed by atoms with E-state index in [9.17, 15) is 9.90 Å². The van der Waals surface area contributed by atoms with E-state index >= 15 is 0 Å². The van der Waals surface area contributed by atoms with Crippen molar-refractivity contribution in [1.29, 1.82) is 0 Å². The Morgan fingerprint density at radius 1 is 1.33 bits per heavy atom. The highest BCUT2D eigenvalue weighted by Gasteiger charge is 2.22. The number of piperidine rings is 1. The quantitative estimate of drug-likeness (QED) is 0.889. The van der Waals surface area contributed by atoms with E-state index in [1.54, 1.807) is 18.3 Å². The molecule has 0 atom stereocenters. The van der Waals surface area contributed by atoms with E-state index in [0.29, 0.717) is 22.2 Å². The van der Waals surface area contributed by atoms with Crippen molar-refractivity contribution in [1.82, 2.24) is 9.97 Å². The second-order valence-corrected chi connectivity index (χ2v) is 6.20. The van der Waals surface area contributed by atoms with Crippen LogP contribution in [-0.2, 0) is 0 Å². The standard InChI is InChI=1S/C17H19ClN4O2/c18-14-10-19-7-3-13(14)17(24)21-15-2-1-6-20-16(15)22-8-4-12(11-23)5-9-22/h1-3,6-7,10,12,23H,4-5,8-9,11H2,(H,21,24). The van der Waals surface area contributed by atoms with Crippen LogP contribution in [0.2, 0.25) is 5.02 Å². The number of hydrogen-bond acceptors (Lipinski definition) is 5. The van der Waals surface area contributed by atoms with Crippen LogP contribution in [0.15, 0.2) is 36.8 Å². The van der Waals surface area contributed by atoms with Crippen molar-refractivity contribution in [2.45, 2.75) is 12.8 Å². The molecule has 6 nitrogen and oxygen atoms in total. The van der Waals surface area contributed by atoms with Gasteiger partial charge in [-0.25, -0.2) is 4.98 Å². The number of rotatable bonds is 4. The zero-order valence-corrected chi connectivity index (χ0v) is 13.9. The fourth-order valence-electron chi connectivity index (χ4n) is 2.82. The summed E-state index contributed by atoms with van der Waals surface area (Å²) < 4.78 is 0. The average molecular weight is 347 g/mol. The molecule has 2 aromatic rings. The van der Waals surface area contributed by atoms with E-state index in [-0.39, 0.29) is 12.5 Å². The molecule has 1 fully saturated rings. The van der Waals surface area contributed by atoms with Crippen molar-refractivity contribution in [2.75, 3.05) is 29.9 Å². The van der Waals surface area contributed by atoms with E-state index in [2.05, 4.69) is 20.2 Å². The Kier molecular flexibility index (Phi) is 5.27. The molecular weight excluding hydrogens is 328 g/mol. The van der Waals surface area contributed by atoms with Gasteiger partial charge in [0.15, 0.2) is 5.82 Å². The van der Waals surface area contributed by atoms with E-state index in [4.69, 9.17) is 11.6 Å². The normalized spacial score (nSPS) is 15.3. The number of nitrogens with one attached hydrogen (secondary N) is 1. The van der Waals surface area contributed by atoms with Crippen LogP contribution >= 0.6 is 11.6 Å². The largest absolute Gasteiger partial charge is 0.396 e. The van der Waals surface area contributed by atoms with Crippen LogP contribution in [0.3, 0.4) is 0 Å². The van der Waals surface area contributed by atoms with E-state index in [1.165, 1.54) is 12.4 Å². The molecule has 0 bridgehead atoms. The number of aliphatic hydroxyl groups is 1. The van der Waals surface area contributed by atoms with Gasteiger partial charge in [0.05, 0.1) is 16.3 Å². The predicted molar refractivity (Wildman–Crippen MR) is 93.5 cm³/mol. The lowest BCUT2D eigenvalue weighted by atomic mass is 9.98. The van der Waals surface area contributed by atoms with Crippen molar-refractivity contribution >= 4 is 29.0 Å². The van der Waals surface area contributed by atoms with Gasteiger partial charge in [0.25, 0.3) is 5.91 Å². The first-order valence-electron chi connectivity index (χ1n) is 7.90. The molecule has 0 unspecified atom stereocenters. The van der Waals surface area contributed by atoms with Crippen molar-refractivity contribution in [3.63, 3.8) is 0 Å². The second-order valence-electron chi connectivity index (χ2n) is 5.80. The van der Waals surface area contributed by atoms with Gasteiger partial charge in [-0.3, -0.25) is 9.78 Å². The molecule has 1 saturated heterocycles. The minimum Gasteiger partial charge on any atom is -0.396 e. The fraction of sp³-hybridized carbons (Fsp3) is 0.353. The summed E-state index contributed by atoms with van der Waals surface area (Å²) in [6.45, 7) is 1.84. The lowest BCUT2D eigenvalue weighted by Gasteiger charge is -2.33. The highest BCUT2D eigenvalue weighted by atomic mass is 35.5. The number of nitrogens with zero attached hydrogens (tertiary/aromatic N) is 3. The summed E-state index contributed by atoms with van der Waals surface area (Å²) in [5.74, 6) is 0.799. The van der Waals surface area contributed by atoms with Gasteiger partial charge in [-0.1, -0.05) is 11.6 Å². The van der Waals surface area contributed by atoms with Crippen LogP contribution in [0.1, 0.15) is 23.2 Å². The number of aliphatic hydroxyl groups excluding tert-OH is 1. The number of anilines is 2. The molecule has 1 aliphatic heterocycles. The summed E-state index contributed by atoms with van der Waals surface area (Å²) in [6, 6.07) is 5.20. The summed E-state index contributed by atoms with van der Waals surface area (Å²) in [5.41, 5.74) is 1.03. The van der Waals surface area contributed by atoms with Gasteiger partial charge in [0.2, 0.25) is 0 Å². The maximum Gasteiger partial charge on any atom is 0.257 e. The smallest absolute Gasteiger partial charge is 0.257 e. The monoisotopic (exact) mass is 346 g/mol. The Hall–Kier alpha value is -2.18. The number of amides is 1. The van der Waals surface area contributed by atoms with Gasteiger partial charge in [0.1, 0.15) is 0 Å². The third kappa shape index (κ3) is 3.66. The number of halogens is 1. The molecule has 2 aromatic heterocycles. The predicted octanol–water partition coefficient (Wildman–Crippen LogP) is 2.59. The van der Waals surface area contributed by atoms with E-state index < -0.39 is 0 Å². The van der Waals surface area contributed by atoms with Crippen LogP contribution < -0.4 is 10.2 Å².